The summed E-state index contributed by atoms with van der Waals surface area (Å²) in [5.41, 5.74) is 0.584. The molecule has 0 aliphatic carbocycles. The van der Waals surface area contributed by atoms with E-state index in [4.69, 9.17) is 0 Å². The highest BCUT2D eigenvalue weighted by molar-refractivity contribution is 5.92. The zero-order valence-corrected chi connectivity index (χ0v) is 12.4. The molecule has 6 nitrogen and oxygen atoms in total. The molecule has 124 valence electrons. The van der Waals surface area contributed by atoms with Crippen molar-refractivity contribution in [1.29, 1.82) is 0 Å². The van der Waals surface area contributed by atoms with Crippen molar-refractivity contribution in [2.75, 3.05) is 13.1 Å². The van der Waals surface area contributed by atoms with Crippen molar-refractivity contribution in [2.24, 2.45) is 0 Å². The molecule has 0 radical (unpaired) electrons. The number of halogens is 3. The maximum absolute atomic E-state index is 12.6. The highest BCUT2D eigenvalue weighted by atomic mass is 19.4. The summed E-state index contributed by atoms with van der Waals surface area (Å²) in [5, 5.41) is 12.4. The van der Waals surface area contributed by atoms with Crippen molar-refractivity contribution in [1.82, 2.24) is 25.3 Å². The van der Waals surface area contributed by atoms with E-state index < -0.39 is 11.9 Å². The average molecular weight is 327 g/mol. The summed E-state index contributed by atoms with van der Waals surface area (Å²) >= 11 is 0. The van der Waals surface area contributed by atoms with Gasteiger partial charge < -0.3 is 4.90 Å². The molecule has 23 heavy (non-hydrogen) atoms. The second-order valence-electron chi connectivity index (χ2n) is 5.73. The standard InChI is InChI=1S/C14H16F3N5O/c1-8-5-11(20-18-8)13(23)22-4-2-3-9(7-22)10-6-12(21-19-10)14(15,16)17/h5-6,9H,2-4,7H2,1H3,(H,18,20)(H,19,21)/t9-/m1/s1. The van der Waals surface area contributed by atoms with Gasteiger partial charge in [0.15, 0.2) is 5.69 Å². The van der Waals surface area contributed by atoms with Crippen LogP contribution < -0.4 is 0 Å². The second-order valence-corrected chi connectivity index (χ2v) is 5.73. The summed E-state index contributed by atoms with van der Waals surface area (Å²) < 4.78 is 37.9. The summed E-state index contributed by atoms with van der Waals surface area (Å²) in [7, 11) is 0. The Labute approximate surface area is 130 Å². The highest BCUT2D eigenvalue weighted by Gasteiger charge is 2.35. The summed E-state index contributed by atoms with van der Waals surface area (Å²) in [6.07, 6.45) is -3.03. The maximum atomic E-state index is 12.6. The Bertz CT molecular complexity index is 705. The van der Waals surface area contributed by atoms with Gasteiger partial charge in [-0.3, -0.25) is 15.0 Å². The molecule has 2 aromatic heterocycles. The number of rotatable bonds is 2. The van der Waals surface area contributed by atoms with E-state index in [2.05, 4.69) is 20.4 Å². The van der Waals surface area contributed by atoms with Crippen LogP contribution in [-0.2, 0) is 6.18 Å². The van der Waals surface area contributed by atoms with Crippen LogP contribution in [0.3, 0.4) is 0 Å². The lowest BCUT2D eigenvalue weighted by Crippen LogP contribution is -2.39. The van der Waals surface area contributed by atoms with Crippen LogP contribution in [0.5, 0.6) is 0 Å². The van der Waals surface area contributed by atoms with Crippen molar-refractivity contribution < 1.29 is 18.0 Å². The van der Waals surface area contributed by atoms with Crippen LogP contribution in [0.25, 0.3) is 0 Å². The first-order chi connectivity index (χ1) is 10.8. The molecule has 2 N–H and O–H groups in total. The number of amides is 1. The van der Waals surface area contributed by atoms with Crippen LogP contribution in [0.1, 0.15) is 46.3 Å². The van der Waals surface area contributed by atoms with Gasteiger partial charge in [-0.1, -0.05) is 0 Å². The van der Waals surface area contributed by atoms with Crippen LogP contribution in [0.4, 0.5) is 13.2 Å². The van der Waals surface area contributed by atoms with Gasteiger partial charge in [0, 0.05) is 30.4 Å². The number of carbonyl (C=O) groups excluding carboxylic acids is 1. The van der Waals surface area contributed by atoms with Crippen molar-refractivity contribution >= 4 is 5.91 Å². The van der Waals surface area contributed by atoms with Crippen LogP contribution in [0, 0.1) is 6.92 Å². The molecule has 2 aromatic rings. The Kier molecular flexibility index (Phi) is 3.87. The third-order valence-electron chi connectivity index (χ3n) is 3.96. The number of piperidine rings is 1. The minimum Gasteiger partial charge on any atom is -0.337 e. The van der Waals surface area contributed by atoms with Gasteiger partial charge in [0.1, 0.15) is 5.69 Å². The molecular formula is C14H16F3N5O. The van der Waals surface area contributed by atoms with E-state index in [0.29, 0.717) is 30.9 Å². The lowest BCUT2D eigenvalue weighted by atomic mass is 9.94. The number of nitrogens with zero attached hydrogens (tertiary/aromatic N) is 3. The minimum absolute atomic E-state index is 0.184. The smallest absolute Gasteiger partial charge is 0.337 e. The number of carbonyl (C=O) groups is 1. The van der Waals surface area contributed by atoms with Gasteiger partial charge in [0.25, 0.3) is 5.91 Å². The Morgan fingerprint density at radius 1 is 1.30 bits per heavy atom. The number of likely N-dealkylation sites (tertiary alicyclic amines) is 1. The molecule has 1 fully saturated rings. The third-order valence-corrected chi connectivity index (χ3v) is 3.96. The lowest BCUT2D eigenvalue weighted by molar-refractivity contribution is -0.141. The van der Waals surface area contributed by atoms with Gasteiger partial charge in [0.05, 0.1) is 0 Å². The van der Waals surface area contributed by atoms with Crippen molar-refractivity contribution in [3.63, 3.8) is 0 Å². The molecule has 9 heteroatoms. The van der Waals surface area contributed by atoms with Crippen LogP contribution in [0.2, 0.25) is 0 Å². The first-order valence-corrected chi connectivity index (χ1v) is 7.28. The number of hydrogen-bond donors (Lipinski definition) is 2. The molecule has 1 atom stereocenters. The van der Waals surface area contributed by atoms with Gasteiger partial charge in [0.2, 0.25) is 0 Å². The Balaban J connectivity index is 1.73. The predicted octanol–water partition coefficient (Wildman–Crippen LogP) is 2.48. The highest BCUT2D eigenvalue weighted by Crippen LogP contribution is 2.32. The Morgan fingerprint density at radius 3 is 2.70 bits per heavy atom. The molecule has 0 saturated carbocycles. The number of alkyl halides is 3. The van der Waals surface area contributed by atoms with Gasteiger partial charge >= 0.3 is 6.18 Å². The molecule has 0 bridgehead atoms. The van der Waals surface area contributed by atoms with E-state index >= 15 is 0 Å². The zero-order valence-electron chi connectivity index (χ0n) is 12.4. The van der Waals surface area contributed by atoms with E-state index in [1.807, 2.05) is 0 Å². The molecule has 0 aromatic carbocycles. The van der Waals surface area contributed by atoms with Crippen molar-refractivity contribution in [2.45, 2.75) is 31.9 Å². The van der Waals surface area contributed by atoms with Gasteiger partial charge in [-0.25, -0.2) is 0 Å². The second kappa shape index (κ2) is 5.71. The summed E-state index contributed by atoms with van der Waals surface area (Å²) in [4.78, 5) is 14.0. The lowest BCUT2D eigenvalue weighted by Gasteiger charge is -2.31. The van der Waals surface area contributed by atoms with Crippen molar-refractivity contribution in [3.8, 4) is 0 Å². The fourth-order valence-electron chi connectivity index (χ4n) is 2.80. The Morgan fingerprint density at radius 2 is 2.09 bits per heavy atom. The van der Waals surface area contributed by atoms with Crippen molar-refractivity contribution in [3.05, 3.63) is 34.9 Å². The molecule has 3 heterocycles. The van der Waals surface area contributed by atoms with Crippen LogP contribution >= 0.6 is 0 Å². The normalized spacial score (nSPS) is 19.1. The quantitative estimate of drug-likeness (QED) is 0.889. The third kappa shape index (κ3) is 3.22. The number of aryl methyl sites for hydroxylation is 1. The molecular weight excluding hydrogens is 311 g/mol. The average Bonchev–Trinajstić information content (AvgIpc) is 3.15. The number of aromatic amines is 2. The molecule has 0 spiro atoms. The number of aromatic nitrogens is 4. The van der Waals surface area contributed by atoms with E-state index in [-0.39, 0.29) is 11.8 Å². The zero-order chi connectivity index (χ0) is 16.6. The largest absolute Gasteiger partial charge is 0.435 e. The van der Waals surface area contributed by atoms with Crippen LogP contribution in [0.15, 0.2) is 12.1 Å². The first kappa shape index (κ1) is 15.6. The van der Waals surface area contributed by atoms with E-state index in [0.717, 1.165) is 18.2 Å². The summed E-state index contributed by atoms with van der Waals surface area (Å²) in [5.74, 6) is -0.397. The summed E-state index contributed by atoms with van der Waals surface area (Å²) in [6, 6.07) is 2.68. The molecule has 0 unspecified atom stereocenters. The van der Waals surface area contributed by atoms with E-state index in [9.17, 15) is 18.0 Å². The SMILES string of the molecule is Cc1cc(C(=O)N2CCC[C@@H](c3cc(C(F)(F)F)n[nH]3)C2)n[nH]1. The number of nitrogens with one attached hydrogen (secondary N) is 2. The Hall–Kier alpha value is -2.32. The summed E-state index contributed by atoms with van der Waals surface area (Å²) in [6.45, 7) is 2.72. The maximum Gasteiger partial charge on any atom is 0.435 e. The number of H-pyrrole nitrogens is 2. The van der Waals surface area contributed by atoms with Gasteiger partial charge in [-0.15, -0.1) is 0 Å². The number of hydrogen-bond acceptors (Lipinski definition) is 3. The van der Waals surface area contributed by atoms with E-state index in [1.54, 1.807) is 17.9 Å². The fourth-order valence-corrected chi connectivity index (χ4v) is 2.80. The molecule has 1 amide bonds. The van der Waals surface area contributed by atoms with Gasteiger partial charge in [-0.05, 0) is 31.9 Å². The molecule has 1 saturated heterocycles. The van der Waals surface area contributed by atoms with Crippen LogP contribution in [-0.4, -0.2) is 44.3 Å². The van der Waals surface area contributed by atoms with Gasteiger partial charge in [-0.2, -0.15) is 23.4 Å². The molecule has 1 aliphatic rings. The predicted molar refractivity (Wildman–Crippen MR) is 74.8 cm³/mol. The topological polar surface area (TPSA) is 77.7 Å². The van der Waals surface area contributed by atoms with E-state index in [1.165, 1.54) is 0 Å². The molecule has 1 aliphatic heterocycles. The minimum atomic E-state index is -4.47. The monoisotopic (exact) mass is 327 g/mol. The fraction of sp³-hybridized carbons (Fsp3) is 0.500. The molecule has 3 rings (SSSR count). The first-order valence-electron chi connectivity index (χ1n) is 7.28.